The van der Waals surface area contributed by atoms with Crippen LogP contribution < -0.4 is 10.1 Å². The standard InChI is InChI=1S/C15H22N2O2/c1-17-8-7-16-14(9-17)15(10-19-11-15)12-5-3-4-6-13(12)18-2/h3-6,14,16H,7-11H2,1-2H3. The third kappa shape index (κ3) is 2.14. The van der Waals surface area contributed by atoms with Crippen LogP contribution in [0.25, 0.3) is 0 Å². The van der Waals surface area contributed by atoms with E-state index in [9.17, 15) is 0 Å². The van der Waals surface area contributed by atoms with Crippen molar-refractivity contribution in [1.29, 1.82) is 0 Å². The van der Waals surface area contributed by atoms with Gasteiger partial charge in [-0.25, -0.2) is 0 Å². The molecule has 0 radical (unpaired) electrons. The number of hydrogen-bond acceptors (Lipinski definition) is 4. The zero-order valence-corrected chi connectivity index (χ0v) is 11.7. The molecule has 0 aliphatic carbocycles. The van der Waals surface area contributed by atoms with Crippen molar-refractivity contribution < 1.29 is 9.47 Å². The Hall–Kier alpha value is -1.10. The Morgan fingerprint density at radius 2 is 2.16 bits per heavy atom. The molecule has 19 heavy (non-hydrogen) atoms. The zero-order valence-electron chi connectivity index (χ0n) is 11.7. The number of ether oxygens (including phenoxy) is 2. The van der Waals surface area contributed by atoms with Crippen LogP contribution >= 0.6 is 0 Å². The van der Waals surface area contributed by atoms with Crippen molar-refractivity contribution in [3.63, 3.8) is 0 Å². The van der Waals surface area contributed by atoms with Gasteiger partial charge in [-0.05, 0) is 13.1 Å². The normalized spacial score (nSPS) is 26.7. The zero-order chi connectivity index (χ0) is 13.3. The summed E-state index contributed by atoms with van der Waals surface area (Å²) in [4.78, 5) is 2.39. The van der Waals surface area contributed by atoms with Crippen molar-refractivity contribution in [2.24, 2.45) is 0 Å². The number of para-hydroxylation sites is 1. The molecule has 4 heteroatoms. The molecule has 1 N–H and O–H groups in total. The molecule has 1 aromatic rings. The number of methoxy groups -OCH3 is 1. The van der Waals surface area contributed by atoms with Crippen molar-refractivity contribution in [1.82, 2.24) is 10.2 Å². The topological polar surface area (TPSA) is 33.7 Å². The van der Waals surface area contributed by atoms with Gasteiger partial charge in [-0.1, -0.05) is 18.2 Å². The Labute approximate surface area is 114 Å². The molecule has 1 unspecified atom stereocenters. The van der Waals surface area contributed by atoms with Crippen LogP contribution in [0.3, 0.4) is 0 Å². The minimum Gasteiger partial charge on any atom is -0.496 e. The molecule has 0 aromatic heterocycles. The van der Waals surface area contributed by atoms with Crippen molar-refractivity contribution in [3.05, 3.63) is 29.8 Å². The molecule has 3 rings (SSSR count). The van der Waals surface area contributed by atoms with Gasteiger partial charge >= 0.3 is 0 Å². The lowest BCUT2D eigenvalue weighted by molar-refractivity contribution is -0.0873. The fourth-order valence-corrected chi connectivity index (χ4v) is 3.19. The third-order valence-corrected chi connectivity index (χ3v) is 4.41. The highest BCUT2D eigenvalue weighted by Crippen LogP contribution is 2.41. The van der Waals surface area contributed by atoms with Crippen LogP contribution in [0.2, 0.25) is 0 Å². The van der Waals surface area contributed by atoms with E-state index in [0.29, 0.717) is 6.04 Å². The highest BCUT2D eigenvalue weighted by molar-refractivity contribution is 5.43. The molecular formula is C15H22N2O2. The minimum absolute atomic E-state index is 0.0568. The number of hydrogen-bond donors (Lipinski definition) is 1. The first-order chi connectivity index (χ1) is 9.26. The molecule has 104 valence electrons. The fourth-order valence-electron chi connectivity index (χ4n) is 3.19. The predicted molar refractivity (Wildman–Crippen MR) is 74.8 cm³/mol. The van der Waals surface area contributed by atoms with Gasteiger partial charge in [0, 0.05) is 31.2 Å². The number of piperazine rings is 1. The average Bonchev–Trinajstić information content (AvgIpc) is 2.38. The molecular weight excluding hydrogens is 240 g/mol. The largest absolute Gasteiger partial charge is 0.496 e. The van der Waals surface area contributed by atoms with Crippen LogP contribution in [0.5, 0.6) is 5.75 Å². The molecule has 2 aliphatic heterocycles. The minimum atomic E-state index is 0.0568. The second-order valence-electron chi connectivity index (χ2n) is 5.62. The third-order valence-electron chi connectivity index (χ3n) is 4.41. The van der Waals surface area contributed by atoms with E-state index in [4.69, 9.17) is 9.47 Å². The summed E-state index contributed by atoms with van der Waals surface area (Å²) in [5.74, 6) is 0.973. The van der Waals surface area contributed by atoms with Crippen LogP contribution in [0.4, 0.5) is 0 Å². The van der Waals surface area contributed by atoms with E-state index in [0.717, 1.165) is 38.6 Å². The Morgan fingerprint density at radius 1 is 1.37 bits per heavy atom. The Bertz CT molecular complexity index is 446. The SMILES string of the molecule is COc1ccccc1C1(C2CN(C)CCN2)COC1. The van der Waals surface area contributed by atoms with Crippen molar-refractivity contribution in [3.8, 4) is 5.75 Å². The monoisotopic (exact) mass is 262 g/mol. The average molecular weight is 262 g/mol. The van der Waals surface area contributed by atoms with Crippen molar-refractivity contribution >= 4 is 0 Å². The number of nitrogens with zero attached hydrogens (tertiary/aromatic N) is 1. The number of likely N-dealkylation sites (N-methyl/N-ethyl adjacent to an activating group) is 1. The summed E-state index contributed by atoms with van der Waals surface area (Å²) in [6.45, 7) is 4.76. The van der Waals surface area contributed by atoms with E-state index < -0.39 is 0 Å². The van der Waals surface area contributed by atoms with E-state index >= 15 is 0 Å². The van der Waals surface area contributed by atoms with E-state index in [-0.39, 0.29) is 5.41 Å². The molecule has 0 saturated carbocycles. The van der Waals surface area contributed by atoms with E-state index in [2.05, 4.69) is 29.4 Å². The summed E-state index contributed by atoms with van der Waals surface area (Å²) in [6, 6.07) is 8.76. The van der Waals surface area contributed by atoms with Gasteiger partial charge < -0.3 is 19.7 Å². The van der Waals surface area contributed by atoms with Gasteiger partial charge in [0.25, 0.3) is 0 Å². The lowest BCUT2D eigenvalue weighted by Gasteiger charge is -2.50. The molecule has 0 spiro atoms. The fraction of sp³-hybridized carbons (Fsp3) is 0.600. The van der Waals surface area contributed by atoms with Crippen LogP contribution in [-0.2, 0) is 10.2 Å². The highest BCUT2D eigenvalue weighted by atomic mass is 16.5. The highest BCUT2D eigenvalue weighted by Gasteiger charge is 2.49. The Morgan fingerprint density at radius 3 is 2.79 bits per heavy atom. The first-order valence-corrected chi connectivity index (χ1v) is 6.89. The van der Waals surface area contributed by atoms with Gasteiger partial charge in [0.2, 0.25) is 0 Å². The maximum absolute atomic E-state index is 5.57. The van der Waals surface area contributed by atoms with Crippen LogP contribution in [0.15, 0.2) is 24.3 Å². The molecule has 2 saturated heterocycles. The quantitative estimate of drug-likeness (QED) is 0.876. The number of nitrogens with one attached hydrogen (secondary N) is 1. The summed E-state index contributed by atoms with van der Waals surface area (Å²) in [7, 11) is 3.93. The molecule has 2 fully saturated rings. The van der Waals surface area contributed by atoms with Gasteiger partial charge in [-0.15, -0.1) is 0 Å². The molecule has 1 atom stereocenters. The molecule has 4 nitrogen and oxygen atoms in total. The van der Waals surface area contributed by atoms with Gasteiger partial charge in [-0.3, -0.25) is 0 Å². The lowest BCUT2D eigenvalue weighted by Crippen LogP contribution is -2.66. The molecule has 2 aliphatic rings. The second kappa shape index (κ2) is 5.12. The summed E-state index contributed by atoms with van der Waals surface area (Å²) in [5, 5.41) is 3.66. The lowest BCUT2D eigenvalue weighted by atomic mass is 9.71. The van der Waals surface area contributed by atoms with Crippen LogP contribution in [0.1, 0.15) is 5.56 Å². The van der Waals surface area contributed by atoms with E-state index in [1.165, 1.54) is 5.56 Å². The van der Waals surface area contributed by atoms with Gasteiger partial charge in [-0.2, -0.15) is 0 Å². The molecule has 1 aromatic carbocycles. The maximum Gasteiger partial charge on any atom is 0.122 e. The summed E-state index contributed by atoms with van der Waals surface area (Å²) >= 11 is 0. The predicted octanol–water partition coefficient (Wildman–Crippen LogP) is 0.867. The summed E-state index contributed by atoms with van der Waals surface area (Å²) in [5.41, 5.74) is 1.33. The van der Waals surface area contributed by atoms with Crippen LogP contribution in [0, 0.1) is 0 Å². The summed E-state index contributed by atoms with van der Waals surface area (Å²) in [6.07, 6.45) is 0. The van der Waals surface area contributed by atoms with Gasteiger partial charge in [0.1, 0.15) is 5.75 Å². The number of rotatable bonds is 3. The second-order valence-corrected chi connectivity index (χ2v) is 5.62. The molecule has 0 bridgehead atoms. The first-order valence-electron chi connectivity index (χ1n) is 6.89. The van der Waals surface area contributed by atoms with Gasteiger partial charge in [0.05, 0.1) is 25.7 Å². The molecule has 0 amide bonds. The van der Waals surface area contributed by atoms with Gasteiger partial charge in [0.15, 0.2) is 0 Å². The van der Waals surface area contributed by atoms with Crippen molar-refractivity contribution in [2.75, 3.05) is 47.0 Å². The molecule has 2 heterocycles. The van der Waals surface area contributed by atoms with E-state index in [1.54, 1.807) is 7.11 Å². The Kier molecular flexibility index (Phi) is 3.48. The van der Waals surface area contributed by atoms with Crippen molar-refractivity contribution in [2.45, 2.75) is 11.5 Å². The van der Waals surface area contributed by atoms with E-state index in [1.807, 2.05) is 12.1 Å². The number of benzene rings is 1. The smallest absolute Gasteiger partial charge is 0.122 e. The Balaban J connectivity index is 1.94. The first kappa shape index (κ1) is 12.9. The van der Waals surface area contributed by atoms with Crippen LogP contribution in [-0.4, -0.2) is 57.9 Å². The maximum atomic E-state index is 5.57. The summed E-state index contributed by atoms with van der Waals surface area (Å²) < 4.78 is 11.1.